The van der Waals surface area contributed by atoms with Crippen LogP contribution in [0.15, 0.2) is 29.2 Å². The van der Waals surface area contributed by atoms with E-state index in [0.29, 0.717) is 6.04 Å². The zero-order valence-corrected chi connectivity index (χ0v) is 10.0. The second kappa shape index (κ2) is 3.99. The molecule has 0 unspecified atom stereocenters. The number of aromatic nitrogens is 2. The summed E-state index contributed by atoms with van der Waals surface area (Å²) in [5.74, 6) is 0. The van der Waals surface area contributed by atoms with Crippen LogP contribution in [0.5, 0.6) is 0 Å². The SMILES string of the molecule is Cc1cc(=O)c2cccnc2n1C1CCCC1. The Morgan fingerprint density at radius 1 is 1.35 bits per heavy atom. The first-order chi connectivity index (χ1) is 8.27. The molecule has 1 aliphatic carbocycles. The molecule has 2 heterocycles. The molecule has 1 aliphatic rings. The number of hydrogen-bond acceptors (Lipinski definition) is 2. The van der Waals surface area contributed by atoms with Crippen molar-refractivity contribution in [3.05, 3.63) is 40.3 Å². The summed E-state index contributed by atoms with van der Waals surface area (Å²) in [4.78, 5) is 16.3. The third kappa shape index (κ3) is 1.66. The monoisotopic (exact) mass is 228 g/mol. The molecule has 3 nitrogen and oxygen atoms in total. The maximum atomic E-state index is 11.9. The van der Waals surface area contributed by atoms with Crippen LogP contribution in [-0.4, -0.2) is 9.55 Å². The average molecular weight is 228 g/mol. The van der Waals surface area contributed by atoms with Crippen molar-refractivity contribution >= 4 is 11.0 Å². The molecular formula is C14H16N2O. The van der Waals surface area contributed by atoms with Gasteiger partial charge in [-0.05, 0) is 31.9 Å². The predicted molar refractivity (Wildman–Crippen MR) is 68.2 cm³/mol. The van der Waals surface area contributed by atoms with Crippen molar-refractivity contribution in [2.45, 2.75) is 38.6 Å². The van der Waals surface area contributed by atoms with Gasteiger partial charge in [-0.3, -0.25) is 4.79 Å². The molecule has 0 aromatic carbocycles. The van der Waals surface area contributed by atoms with Crippen molar-refractivity contribution in [3.8, 4) is 0 Å². The molecule has 3 rings (SSSR count). The molecule has 0 radical (unpaired) electrons. The van der Waals surface area contributed by atoms with Crippen molar-refractivity contribution in [2.24, 2.45) is 0 Å². The highest BCUT2D eigenvalue weighted by Crippen LogP contribution is 2.31. The summed E-state index contributed by atoms with van der Waals surface area (Å²) in [7, 11) is 0. The third-order valence-corrected chi connectivity index (χ3v) is 3.69. The molecule has 2 aromatic rings. The van der Waals surface area contributed by atoms with E-state index < -0.39 is 0 Å². The van der Waals surface area contributed by atoms with Crippen LogP contribution in [0.2, 0.25) is 0 Å². The van der Waals surface area contributed by atoms with Gasteiger partial charge in [0.25, 0.3) is 0 Å². The molecule has 0 amide bonds. The Hall–Kier alpha value is -1.64. The first-order valence-corrected chi connectivity index (χ1v) is 6.24. The fourth-order valence-electron chi connectivity index (χ4n) is 2.91. The van der Waals surface area contributed by atoms with Gasteiger partial charge in [0.2, 0.25) is 0 Å². The summed E-state index contributed by atoms with van der Waals surface area (Å²) in [5.41, 5.74) is 1.97. The number of pyridine rings is 2. The number of nitrogens with zero attached hydrogens (tertiary/aromatic N) is 2. The van der Waals surface area contributed by atoms with Crippen LogP contribution >= 0.6 is 0 Å². The summed E-state index contributed by atoms with van der Waals surface area (Å²) >= 11 is 0. The Morgan fingerprint density at radius 3 is 2.88 bits per heavy atom. The molecule has 0 saturated heterocycles. The molecule has 17 heavy (non-hydrogen) atoms. The summed E-state index contributed by atoms with van der Waals surface area (Å²) in [5, 5.41) is 0.741. The van der Waals surface area contributed by atoms with Crippen LogP contribution in [0.1, 0.15) is 37.4 Å². The number of fused-ring (bicyclic) bond motifs is 1. The quantitative estimate of drug-likeness (QED) is 0.752. The standard InChI is InChI=1S/C14H16N2O/c1-10-9-13(17)12-7-4-8-15-14(12)16(10)11-5-2-3-6-11/h4,7-9,11H,2-3,5-6H2,1H3. The van der Waals surface area contributed by atoms with Gasteiger partial charge in [0.15, 0.2) is 5.43 Å². The van der Waals surface area contributed by atoms with Gasteiger partial charge in [-0.2, -0.15) is 0 Å². The predicted octanol–water partition coefficient (Wildman–Crippen LogP) is 2.82. The number of hydrogen-bond donors (Lipinski definition) is 0. The van der Waals surface area contributed by atoms with E-state index in [-0.39, 0.29) is 5.43 Å². The highest BCUT2D eigenvalue weighted by Gasteiger charge is 2.20. The van der Waals surface area contributed by atoms with Crippen LogP contribution in [-0.2, 0) is 0 Å². The number of aryl methyl sites for hydroxylation is 1. The van der Waals surface area contributed by atoms with Crippen molar-refractivity contribution in [3.63, 3.8) is 0 Å². The van der Waals surface area contributed by atoms with Gasteiger partial charge in [-0.15, -0.1) is 0 Å². The Balaban J connectivity index is 2.32. The maximum absolute atomic E-state index is 11.9. The molecule has 88 valence electrons. The van der Waals surface area contributed by atoms with E-state index in [9.17, 15) is 4.79 Å². The summed E-state index contributed by atoms with van der Waals surface area (Å²) in [6.07, 6.45) is 6.74. The molecule has 0 aliphatic heterocycles. The fraction of sp³-hybridized carbons (Fsp3) is 0.429. The number of rotatable bonds is 1. The van der Waals surface area contributed by atoms with E-state index in [1.54, 1.807) is 12.3 Å². The van der Waals surface area contributed by atoms with Crippen LogP contribution in [0.4, 0.5) is 0 Å². The Labute approximate surface area is 100 Å². The van der Waals surface area contributed by atoms with Gasteiger partial charge in [-0.1, -0.05) is 12.8 Å². The van der Waals surface area contributed by atoms with E-state index in [1.165, 1.54) is 25.7 Å². The van der Waals surface area contributed by atoms with Crippen molar-refractivity contribution in [1.29, 1.82) is 0 Å². The average Bonchev–Trinajstić information content (AvgIpc) is 2.83. The van der Waals surface area contributed by atoms with Gasteiger partial charge >= 0.3 is 0 Å². The molecule has 0 atom stereocenters. The topological polar surface area (TPSA) is 34.9 Å². The van der Waals surface area contributed by atoms with E-state index in [2.05, 4.69) is 9.55 Å². The van der Waals surface area contributed by atoms with E-state index in [0.717, 1.165) is 16.7 Å². The molecule has 1 saturated carbocycles. The molecule has 0 bridgehead atoms. The van der Waals surface area contributed by atoms with Crippen LogP contribution in [0.25, 0.3) is 11.0 Å². The maximum Gasteiger partial charge on any atom is 0.191 e. The highest BCUT2D eigenvalue weighted by atomic mass is 16.1. The van der Waals surface area contributed by atoms with Gasteiger partial charge < -0.3 is 4.57 Å². The van der Waals surface area contributed by atoms with Gasteiger partial charge in [0, 0.05) is 24.0 Å². The van der Waals surface area contributed by atoms with Gasteiger partial charge in [-0.25, -0.2) is 4.98 Å². The largest absolute Gasteiger partial charge is 0.327 e. The fourth-order valence-corrected chi connectivity index (χ4v) is 2.91. The summed E-state index contributed by atoms with van der Waals surface area (Å²) in [6, 6.07) is 5.96. The molecule has 0 N–H and O–H groups in total. The second-order valence-electron chi connectivity index (χ2n) is 4.83. The Morgan fingerprint density at radius 2 is 2.12 bits per heavy atom. The van der Waals surface area contributed by atoms with E-state index in [1.807, 2.05) is 19.1 Å². The smallest absolute Gasteiger partial charge is 0.191 e. The molecular weight excluding hydrogens is 212 g/mol. The third-order valence-electron chi connectivity index (χ3n) is 3.69. The van der Waals surface area contributed by atoms with Crippen molar-refractivity contribution in [2.75, 3.05) is 0 Å². The molecule has 0 spiro atoms. The zero-order chi connectivity index (χ0) is 11.8. The Kier molecular flexibility index (Phi) is 2.46. The lowest BCUT2D eigenvalue weighted by Gasteiger charge is -2.19. The van der Waals surface area contributed by atoms with Crippen LogP contribution < -0.4 is 5.43 Å². The zero-order valence-electron chi connectivity index (χ0n) is 10.0. The lowest BCUT2D eigenvalue weighted by Crippen LogP contribution is -2.16. The Bertz CT molecular complexity index is 609. The molecule has 3 heteroatoms. The minimum atomic E-state index is 0.0832. The highest BCUT2D eigenvalue weighted by molar-refractivity contribution is 5.75. The molecule has 2 aromatic heterocycles. The van der Waals surface area contributed by atoms with Crippen LogP contribution in [0, 0.1) is 6.92 Å². The minimum Gasteiger partial charge on any atom is -0.327 e. The summed E-state index contributed by atoms with van der Waals surface area (Å²) in [6.45, 7) is 2.01. The first kappa shape index (κ1) is 10.5. The van der Waals surface area contributed by atoms with Gasteiger partial charge in [0.05, 0.1) is 5.39 Å². The van der Waals surface area contributed by atoms with E-state index in [4.69, 9.17) is 0 Å². The second-order valence-corrected chi connectivity index (χ2v) is 4.83. The first-order valence-electron chi connectivity index (χ1n) is 6.24. The van der Waals surface area contributed by atoms with Crippen molar-refractivity contribution in [1.82, 2.24) is 9.55 Å². The summed E-state index contributed by atoms with van der Waals surface area (Å²) < 4.78 is 2.25. The minimum absolute atomic E-state index is 0.0832. The molecule has 1 fully saturated rings. The van der Waals surface area contributed by atoms with E-state index >= 15 is 0 Å². The normalized spacial score (nSPS) is 16.8. The lowest BCUT2D eigenvalue weighted by atomic mass is 10.2. The van der Waals surface area contributed by atoms with Gasteiger partial charge in [0.1, 0.15) is 5.65 Å². The van der Waals surface area contributed by atoms with Crippen molar-refractivity contribution < 1.29 is 0 Å². The van der Waals surface area contributed by atoms with Crippen LogP contribution in [0.3, 0.4) is 0 Å². The lowest BCUT2D eigenvalue weighted by molar-refractivity contribution is 0.517.